The van der Waals surface area contributed by atoms with E-state index in [0.29, 0.717) is 0 Å². The Morgan fingerprint density at radius 3 is 2.18 bits per heavy atom. The zero-order chi connectivity index (χ0) is 20.2. The van der Waals surface area contributed by atoms with Gasteiger partial charge in [-0.25, -0.2) is 4.79 Å². The first kappa shape index (κ1) is 20.7. The van der Waals surface area contributed by atoms with Crippen LogP contribution in [0.25, 0.3) is 0 Å². The molecular weight excluding hydrogens is 369 g/mol. The summed E-state index contributed by atoms with van der Waals surface area (Å²) >= 11 is 0. The lowest BCUT2D eigenvalue weighted by atomic mass is 10.1. The second kappa shape index (κ2) is 10.5. The topological polar surface area (TPSA) is 50.7 Å². The van der Waals surface area contributed by atoms with Gasteiger partial charge in [0.15, 0.2) is 0 Å². The van der Waals surface area contributed by atoms with Gasteiger partial charge in [0.1, 0.15) is 0 Å². The molecule has 4 nitrogen and oxygen atoms in total. The molecule has 28 heavy (non-hydrogen) atoms. The Labute approximate surface area is 160 Å². The van der Waals surface area contributed by atoms with E-state index in [1.54, 1.807) is 36.5 Å². The van der Waals surface area contributed by atoms with Crippen LogP contribution in [0.4, 0.5) is 13.2 Å². The van der Waals surface area contributed by atoms with Crippen molar-refractivity contribution in [3.63, 3.8) is 0 Å². The molecular formula is C21H17F3N2O2. The number of allylic oxidation sites excluding steroid dienone is 9. The zero-order valence-corrected chi connectivity index (χ0v) is 14.6. The average Bonchev–Trinajstić information content (AvgIpc) is 2.67. The van der Waals surface area contributed by atoms with Crippen LogP contribution in [0.3, 0.4) is 0 Å². The van der Waals surface area contributed by atoms with E-state index in [-0.39, 0.29) is 5.88 Å². The average molecular weight is 386 g/mol. The Morgan fingerprint density at radius 2 is 1.50 bits per heavy atom. The monoisotopic (exact) mass is 386 g/mol. The lowest BCUT2D eigenvalue weighted by Gasteiger charge is -2.13. The lowest BCUT2D eigenvalue weighted by molar-refractivity contribution is -0.138. The fraction of sp³-hybridized carbons (Fsp3) is 0.0476. The highest BCUT2D eigenvalue weighted by molar-refractivity contribution is 5.92. The third kappa shape index (κ3) is 6.95. The van der Waals surface area contributed by atoms with E-state index in [1.807, 2.05) is 18.2 Å². The summed E-state index contributed by atoms with van der Waals surface area (Å²) in [4.78, 5) is 16.2. The molecule has 144 valence electrons. The molecule has 1 aliphatic rings. The van der Waals surface area contributed by atoms with E-state index in [9.17, 15) is 18.0 Å². The van der Waals surface area contributed by atoms with Crippen molar-refractivity contribution in [2.75, 3.05) is 0 Å². The molecule has 1 heterocycles. The predicted molar refractivity (Wildman–Crippen MR) is 102 cm³/mol. The molecule has 2 rings (SSSR count). The highest BCUT2D eigenvalue weighted by Crippen LogP contribution is 2.32. The van der Waals surface area contributed by atoms with Gasteiger partial charge in [-0.15, -0.1) is 0 Å². The molecule has 7 heteroatoms. The highest BCUT2D eigenvalue weighted by Gasteiger charge is 2.35. The maximum absolute atomic E-state index is 13.1. The van der Waals surface area contributed by atoms with Crippen LogP contribution < -0.4 is 5.32 Å². The molecule has 1 aliphatic heterocycles. The summed E-state index contributed by atoms with van der Waals surface area (Å²) in [6, 6.07) is 4.42. The molecule has 0 aliphatic carbocycles. The minimum Gasteiger partial charge on any atom is -0.404 e. The Hall–Kier alpha value is -3.61. The van der Waals surface area contributed by atoms with Crippen LogP contribution in [0.2, 0.25) is 0 Å². The zero-order valence-electron chi connectivity index (χ0n) is 14.6. The number of carbonyl (C=O) groups is 1. The van der Waals surface area contributed by atoms with E-state index < -0.39 is 23.3 Å². The highest BCUT2D eigenvalue weighted by atomic mass is 19.4. The second-order valence-electron chi connectivity index (χ2n) is 5.27. The van der Waals surface area contributed by atoms with Gasteiger partial charge >= 0.3 is 12.1 Å². The molecule has 1 aromatic rings. The van der Waals surface area contributed by atoms with Crippen LogP contribution in [0.1, 0.15) is 15.9 Å². The van der Waals surface area contributed by atoms with E-state index in [0.717, 1.165) is 12.1 Å². The number of aliphatic imine (C=N–C) groups is 1. The molecule has 1 N–H and O–H groups in total. The van der Waals surface area contributed by atoms with Crippen molar-refractivity contribution in [3.8, 4) is 0 Å². The molecule has 0 atom stereocenters. The second-order valence-corrected chi connectivity index (χ2v) is 5.27. The number of nitrogens with zero attached hydrogens (tertiary/aromatic N) is 1. The summed E-state index contributed by atoms with van der Waals surface area (Å²) in [5.41, 5.74) is -1.65. The third-order valence-electron chi connectivity index (χ3n) is 3.23. The van der Waals surface area contributed by atoms with E-state index in [4.69, 9.17) is 4.74 Å². The van der Waals surface area contributed by atoms with Crippen molar-refractivity contribution >= 4 is 12.2 Å². The summed E-state index contributed by atoms with van der Waals surface area (Å²) in [6.45, 7) is 0. The van der Waals surface area contributed by atoms with Crippen molar-refractivity contribution in [2.45, 2.75) is 6.18 Å². The SMILES string of the molecule is O=C(OC1=CN=CC=CC=CC=CC=CC=CN1)c1ccccc1C(F)(F)F. The first-order chi connectivity index (χ1) is 13.5. The minimum absolute atomic E-state index is 0.128. The van der Waals surface area contributed by atoms with Crippen LogP contribution in [0.5, 0.6) is 0 Å². The molecule has 1 aromatic carbocycles. The molecule has 0 bridgehead atoms. The summed E-state index contributed by atoms with van der Waals surface area (Å²) in [5.74, 6) is -1.28. The standard InChI is InChI=1S/C21H17F3N2O2/c22-21(23,24)18-13-9-8-12-17(18)20(27)28-19-16-25-14-10-6-4-2-1-3-5-7-11-15-26-19/h1-16,26H. The van der Waals surface area contributed by atoms with Crippen LogP contribution in [-0.2, 0) is 10.9 Å². The molecule has 0 aromatic heterocycles. The van der Waals surface area contributed by atoms with Gasteiger partial charge < -0.3 is 10.1 Å². The van der Waals surface area contributed by atoms with E-state index in [2.05, 4.69) is 10.3 Å². The van der Waals surface area contributed by atoms with Gasteiger partial charge in [0, 0.05) is 12.4 Å². The Bertz CT molecular complexity index is 889. The van der Waals surface area contributed by atoms with Gasteiger partial charge in [0.25, 0.3) is 0 Å². The Kier molecular flexibility index (Phi) is 7.77. The van der Waals surface area contributed by atoms with Crippen LogP contribution >= 0.6 is 0 Å². The largest absolute Gasteiger partial charge is 0.417 e. The summed E-state index contributed by atoms with van der Waals surface area (Å²) in [6.07, 6.45) is 15.2. The summed E-state index contributed by atoms with van der Waals surface area (Å²) < 4.78 is 44.4. The summed E-state index contributed by atoms with van der Waals surface area (Å²) in [5, 5.41) is 2.68. The number of ether oxygens (including phenoxy) is 1. The molecule has 0 saturated heterocycles. The maximum Gasteiger partial charge on any atom is 0.417 e. The molecule has 0 spiro atoms. The first-order valence-electron chi connectivity index (χ1n) is 8.18. The lowest BCUT2D eigenvalue weighted by Crippen LogP contribution is -2.18. The number of carbonyl (C=O) groups excluding carboxylic acids is 1. The van der Waals surface area contributed by atoms with Gasteiger partial charge in [-0.1, -0.05) is 54.7 Å². The minimum atomic E-state index is -4.67. The third-order valence-corrected chi connectivity index (χ3v) is 3.23. The van der Waals surface area contributed by atoms with E-state index >= 15 is 0 Å². The Morgan fingerprint density at radius 1 is 0.893 bits per heavy atom. The number of alkyl halides is 3. The van der Waals surface area contributed by atoms with Crippen molar-refractivity contribution < 1.29 is 22.7 Å². The molecule has 0 amide bonds. The number of hydrogen-bond donors (Lipinski definition) is 1. The van der Waals surface area contributed by atoms with Gasteiger partial charge in [0.05, 0.1) is 17.3 Å². The number of nitrogens with one attached hydrogen (secondary N) is 1. The normalized spacial score (nSPS) is 14.8. The van der Waals surface area contributed by atoms with Crippen molar-refractivity contribution in [3.05, 3.63) is 108 Å². The predicted octanol–water partition coefficient (Wildman–Crippen LogP) is 5.07. The number of esters is 1. The number of hydrogen-bond acceptors (Lipinski definition) is 4. The Balaban J connectivity index is 2.24. The van der Waals surface area contributed by atoms with Gasteiger partial charge in [0.2, 0.25) is 5.88 Å². The van der Waals surface area contributed by atoms with Gasteiger partial charge in [-0.05, 0) is 24.3 Å². The quantitative estimate of drug-likeness (QED) is 0.722. The molecule has 0 fully saturated rings. The van der Waals surface area contributed by atoms with Gasteiger partial charge in [-0.3, -0.25) is 4.99 Å². The fourth-order valence-corrected chi connectivity index (χ4v) is 2.00. The van der Waals surface area contributed by atoms with E-state index in [1.165, 1.54) is 30.7 Å². The van der Waals surface area contributed by atoms with Crippen LogP contribution in [0, 0.1) is 0 Å². The van der Waals surface area contributed by atoms with Crippen molar-refractivity contribution in [2.24, 2.45) is 4.99 Å². The number of halogens is 3. The smallest absolute Gasteiger partial charge is 0.404 e. The molecule has 0 unspecified atom stereocenters. The van der Waals surface area contributed by atoms with Crippen LogP contribution in [-0.4, -0.2) is 12.2 Å². The van der Waals surface area contributed by atoms with Crippen molar-refractivity contribution in [1.82, 2.24) is 5.32 Å². The fourth-order valence-electron chi connectivity index (χ4n) is 2.00. The van der Waals surface area contributed by atoms with Crippen LogP contribution in [0.15, 0.2) is 102 Å². The molecule has 0 saturated carbocycles. The van der Waals surface area contributed by atoms with Crippen molar-refractivity contribution in [1.29, 1.82) is 0 Å². The number of benzene rings is 1. The first-order valence-corrected chi connectivity index (χ1v) is 8.18. The number of rotatable bonds is 2. The molecule has 0 radical (unpaired) electrons. The summed E-state index contributed by atoms with van der Waals surface area (Å²) in [7, 11) is 0. The van der Waals surface area contributed by atoms with Gasteiger partial charge in [-0.2, -0.15) is 13.2 Å². The maximum atomic E-state index is 13.1.